The van der Waals surface area contributed by atoms with Gasteiger partial charge in [-0.3, -0.25) is 4.98 Å². The number of phenolic OH excluding ortho intramolecular Hbond substituents is 1. The van der Waals surface area contributed by atoms with Gasteiger partial charge in [-0.25, -0.2) is 0 Å². The Morgan fingerprint density at radius 2 is 1.97 bits per heavy atom. The highest BCUT2D eigenvalue weighted by Crippen LogP contribution is 2.39. The monoisotopic (exact) mass is 404 g/mol. The van der Waals surface area contributed by atoms with Gasteiger partial charge in [0.2, 0.25) is 0 Å². The molecule has 2 aromatic heterocycles. The average molecular weight is 404 g/mol. The molecule has 4 rings (SSSR count). The number of hydrogen-bond donors (Lipinski definition) is 2. The number of rotatable bonds is 3. The van der Waals surface area contributed by atoms with Crippen molar-refractivity contribution in [2.24, 2.45) is 0 Å². The molecule has 0 radical (unpaired) electrons. The summed E-state index contributed by atoms with van der Waals surface area (Å²) < 4.78 is 44.4. The number of phenols is 1. The minimum Gasteiger partial charge on any atom is -0.507 e. The minimum atomic E-state index is -4.54. The molecule has 0 amide bonds. The second-order valence-electron chi connectivity index (χ2n) is 7.49. The Bertz CT molecular complexity index is 1070. The SMILES string of the molecule is CC1(C)OCC[C@H]1Nc1nnc(-c2ccc(C(F)(F)F)cc2O)c2ccncc12. The van der Waals surface area contributed by atoms with Gasteiger partial charge in [-0.05, 0) is 44.5 Å². The Labute approximate surface area is 164 Å². The highest BCUT2D eigenvalue weighted by molar-refractivity contribution is 6.00. The first-order valence-electron chi connectivity index (χ1n) is 9.08. The van der Waals surface area contributed by atoms with Crippen LogP contribution in [0.2, 0.25) is 0 Å². The third-order valence-electron chi connectivity index (χ3n) is 5.19. The maximum atomic E-state index is 12.9. The Balaban J connectivity index is 1.78. The molecule has 0 spiro atoms. The third kappa shape index (κ3) is 3.57. The van der Waals surface area contributed by atoms with Crippen LogP contribution in [0.25, 0.3) is 22.0 Å². The molecule has 6 nitrogen and oxygen atoms in total. The number of hydrogen-bond acceptors (Lipinski definition) is 6. The summed E-state index contributed by atoms with van der Waals surface area (Å²) in [5.74, 6) is -0.00917. The van der Waals surface area contributed by atoms with Gasteiger partial charge in [-0.2, -0.15) is 13.2 Å². The van der Waals surface area contributed by atoms with E-state index in [4.69, 9.17) is 4.74 Å². The van der Waals surface area contributed by atoms with E-state index in [1.807, 2.05) is 13.8 Å². The molecule has 9 heteroatoms. The van der Waals surface area contributed by atoms with E-state index in [0.717, 1.165) is 12.5 Å². The van der Waals surface area contributed by atoms with Crippen LogP contribution < -0.4 is 5.32 Å². The summed E-state index contributed by atoms with van der Waals surface area (Å²) in [5, 5.41) is 23.3. The first kappa shape index (κ1) is 19.4. The maximum Gasteiger partial charge on any atom is 0.416 e. The number of benzene rings is 1. The lowest BCUT2D eigenvalue weighted by Crippen LogP contribution is -2.38. The number of anilines is 1. The number of ether oxygens (including phenoxy) is 1. The van der Waals surface area contributed by atoms with E-state index in [1.165, 1.54) is 6.07 Å². The van der Waals surface area contributed by atoms with Gasteiger partial charge in [0, 0.05) is 35.3 Å². The molecule has 1 saturated heterocycles. The minimum absolute atomic E-state index is 0.0190. The zero-order valence-corrected chi connectivity index (χ0v) is 15.8. The molecule has 0 saturated carbocycles. The number of fused-ring (bicyclic) bond motifs is 1. The highest BCUT2D eigenvalue weighted by Gasteiger charge is 2.36. The molecule has 3 heterocycles. The van der Waals surface area contributed by atoms with Crippen LogP contribution in [-0.4, -0.2) is 38.5 Å². The Hall–Kier alpha value is -2.94. The fourth-order valence-corrected chi connectivity index (χ4v) is 3.51. The van der Waals surface area contributed by atoms with Crippen LogP contribution in [0.4, 0.5) is 19.0 Å². The fraction of sp³-hybridized carbons (Fsp3) is 0.350. The molecule has 3 aromatic rings. The van der Waals surface area contributed by atoms with Gasteiger partial charge in [0.25, 0.3) is 0 Å². The molecular weight excluding hydrogens is 385 g/mol. The van der Waals surface area contributed by atoms with Crippen molar-refractivity contribution in [1.82, 2.24) is 15.2 Å². The van der Waals surface area contributed by atoms with Crippen molar-refractivity contribution in [2.45, 2.75) is 38.1 Å². The van der Waals surface area contributed by atoms with E-state index in [-0.39, 0.29) is 22.9 Å². The second-order valence-corrected chi connectivity index (χ2v) is 7.49. The van der Waals surface area contributed by atoms with Crippen LogP contribution in [0.1, 0.15) is 25.8 Å². The van der Waals surface area contributed by atoms with Crippen LogP contribution in [0.5, 0.6) is 5.75 Å². The van der Waals surface area contributed by atoms with Gasteiger partial charge in [-0.15, -0.1) is 10.2 Å². The summed E-state index contributed by atoms with van der Waals surface area (Å²) in [4.78, 5) is 4.14. The predicted molar refractivity (Wildman–Crippen MR) is 101 cm³/mol. The lowest BCUT2D eigenvalue weighted by Gasteiger charge is -2.27. The van der Waals surface area contributed by atoms with E-state index in [9.17, 15) is 18.3 Å². The van der Waals surface area contributed by atoms with Crippen LogP contribution in [0, 0.1) is 0 Å². The van der Waals surface area contributed by atoms with Crippen molar-refractivity contribution in [1.29, 1.82) is 0 Å². The van der Waals surface area contributed by atoms with Crippen molar-refractivity contribution in [3.05, 3.63) is 42.2 Å². The number of pyridine rings is 1. The smallest absolute Gasteiger partial charge is 0.416 e. The van der Waals surface area contributed by atoms with Crippen LogP contribution in [-0.2, 0) is 10.9 Å². The molecule has 152 valence electrons. The topological polar surface area (TPSA) is 80.2 Å². The summed E-state index contributed by atoms with van der Waals surface area (Å²) in [6, 6.07) is 4.51. The van der Waals surface area contributed by atoms with Gasteiger partial charge >= 0.3 is 6.18 Å². The number of halogens is 3. The zero-order chi connectivity index (χ0) is 20.8. The van der Waals surface area contributed by atoms with Crippen molar-refractivity contribution in [3.63, 3.8) is 0 Å². The molecule has 1 aliphatic rings. The van der Waals surface area contributed by atoms with Gasteiger partial charge in [0.05, 0.1) is 17.2 Å². The third-order valence-corrected chi connectivity index (χ3v) is 5.19. The summed E-state index contributed by atoms with van der Waals surface area (Å²) in [6.07, 6.45) is -0.573. The molecule has 1 aliphatic heterocycles. The largest absolute Gasteiger partial charge is 0.507 e. The van der Waals surface area contributed by atoms with Gasteiger partial charge in [0.15, 0.2) is 5.82 Å². The number of nitrogens with one attached hydrogen (secondary N) is 1. The van der Waals surface area contributed by atoms with E-state index in [1.54, 1.807) is 18.5 Å². The van der Waals surface area contributed by atoms with Crippen LogP contribution in [0.15, 0.2) is 36.7 Å². The van der Waals surface area contributed by atoms with Gasteiger partial charge < -0.3 is 15.2 Å². The highest BCUT2D eigenvalue weighted by atomic mass is 19.4. The van der Waals surface area contributed by atoms with Crippen molar-refractivity contribution in [3.8, 4) is 17.0 Å². The van der Waals surface area contributed by atoms with Crippen molar-refractivity contribution >= 4 is 16.6 Å². The van der Waals surface area contributed by atoms with Crippen molar-refractivity contribution < 1.29 is 23.0 Å². The summed E-state index contributed by atoms with van der Waals surface area (Å²) in [5.41, 5.74) is -0.862. The van der Waals surface area contributed by atoms with Gasteiger partial charge in [-0.1, -0.05) is 0 Å². The molecule has 1 aromatic carbocycles. The number of aromatic hydroxyl groups is 1. The predicted octanol–water partition coefficient (Wildman–Crippen LogP) is 4.40. The molecule has 1 fully saturated rings. The maximum absolute atomic E-state index is 12.9. The quantitative estimate of drug-likeness (QED) is 0.674. The van der Waals surface area contributed by atoms with Crippen LogP contribution in [0.3, 0.4) is 0 Å². The van der Waals surface area contributed by atoms with E-state index in [0.29, 0.717) is 29.3 Å². The second kappa shape index (κ2) is 6.84. The zero-order valence-electron chi connectivity index (χ0n) is 15.8. The normalized spacial score (nSPS) is 18.9. The molecule has 2 N–H and O–H groups in total. The number of aromatic nitrogens is 3. The Morgan fingerprint density at radius 1 is 1.17 bits per heavy atom. The lowest BCUT2D eigenvalue weighted by molar-refractivity contribution is -0.137. The molecule has 0 aliphatic carbocycles. The van der Waals surface area contributed by atoms with E-state index in [2.05, 4.69) is 20.5 Å². The molecule has 29 heavy (non-hydrogen) atoms. The Kier molecular flexibility index (Phi) is 4.57. The molecule has 0 unspecified atom stereocenters. The summed E-state index contributed by atoms with van der Waals surface area (Å²) in [6.45, 7) is 4.60. The standard InChI is InChI=1S/C20H19F3N4O2/c1-19(2)16(6-8-29-19)25-18-14-10-24-7-5-12(14)17(26-27-18)13-4-3-11(9-15(13)28)20(21,22)23/h3-5,7,9-10,16,28H,6,8H2,1-2H3,(H,25,27)/t16-/m1/s1. The molecule has 0 bridgehead atoms. The fourth-order valence-electron chi connectivity index (χ4n) is 3.51. The average Bonchev–Trinajstić information content (AvgIpc) is 2.99. The Morgan fingerprint density at radius 3 is 2.62 bits per heavy atom. The number of nitrogens with zero attached hydrogens (tertiary/aromatic N) is 3. The first-order chi connectivity index (χ1) is 13.7. The van der Waals surface area contributed by atoms with Crippen LogP contribution >= 0.6 is 0 Å². The molecule has 1 atom stereocenters. The van der Waals surface area contributed by atoms with E-state index < -0.39 is 17.5 Å². The summed E-state index contributed by atoms with van der Waals surface area (Å²) >= 11 is 0. The molecular formula is C20H19F3N4O2. The van der Waals surface area contributed by atoms with Gasteiger partial charge in [0.1, 0.15) is 11.4 Å². The lowest BCUT2D eigenvalue weighted by atomic mass is 9.98. The van der Waals surface area contributed by atoms with E-state index >= 15 is 0 Å². The summed E-state index contributed by atoms with van der Waals surface area (Å²) in [7, 11) is 0. The number of alkyl halides is 3. The first-order valence-corrected chi connectivity index (χ1v) is 9.08. The van der Waals surface area contributed by atoms with Crippen molar-refractivity contribution in [2.75, 3.05) is 11.9 Å².